The van der Waals surface area contributed by atoms with Crippen LogP contribution in [0.3, 0.4) is 0 Å². The van der Waals surface area contributed by atoms with E-state index in [1.807, 2.05) is 4.72 Å². The number of esters is 1. The van der Waals surface area contributed by atoms with Gasteiger partial charge in [-0.15, -0.1) is 0 Å². The Balaban J connectivity index is 1.39. The van der Waals surface area contributed by atoms with E-state index in [1.54, 1.807) is 24.3 Å². The molecule has 45 heavy (non-hydrogen) atoms. The number of hydrogen-bond acceptors (Lipinski definition) is 9. The van der Waals surface area contributed by atoms with Crippen molar-refractivity contribution in [2.45, 2.75) is 68.0 Å². The SMILES string of the molecule is COc1ccc(Cl)cc1C(=O)NCCc1ccc(S(=O)(=O)NC(=O)NC2CCC(OC(=O)[C@@H](N)CCCNC(=N)N)CC2)cc1. The van der Waals surface area contributed by atoms with Crippen molar-refractivity contribution in [2.24, 2.45) is 11.5 Å². The fourth-order valence-corrected chi connectivity index (χ4v) is 5.83. The standard InChI is InChI=1S/C29H40ClN7O7S/c1-43-25-13-6-19(30)17-23(25)26(38)34-16-14-18-4-11-22(12-5-18)45(41,42)37-29(40)36-20-7-9-21(10-8-20)44-27(39)24(31)3-2-15-35-28(32)33/h4-6,11-13,17,20-21,24H,2-3,7-10,14-16,31H2,1H3,(H,34,38)(H4,32,33,35)(H2,36,37,40)/t20?,21?,24-/m0/s1. The third kappa shape index (κ3) is 11.4. The van der Waals surface area contributed by atoms with Gasteiger partial charge in [-0.2, -0.15) is 0 Å². The van der Waals surface area contributed by atoms with Crippen molar-refractivity contribution < 1.29 is 32.3 Å². The zero-order valence-corrected chi connectivity index (χ0v) is 26.5. The second-order valence-electron chi connectivity index (χ2n) is 10.6. The molecule has 0 saturated heterocycles. The summed E-state index contributed by atoms with van der Waals surface area (Å²) in [7, 11) is -2.67. The van der Waals surface area contributed by atoms with E-state index < -0.39 is 28.1 Å². The molecule has 9 N–H and O–H groups in total. The summed E-state index contributed by atoms with van der Waals surface area (Å²) in [5, 5.41) is 15.6. The molecule has 246 valence electrons. The number of ether oxygens (including phenoxy) is 2. The average Bonchev–Trinajstić information content (AvgIpc) is 3.00. The number of rotatable bonds is 14. The first-order valence-corrected chi connectivity index (χ1v) is 16.3. The van der Waals surface area contributed by atoms with Crippen molar-refractivity contribution in [1.29, 1.82) is 5.41 Å². The first-order chi connectivity index (χ1) is 21.4. The lowest BCUT2D eigenvalue weighted by Gasteiger charge is -2.29. The van der Waals surface area contributed by atoms with Gasteiger partial charge in [0, 0.05) is 24.2 Å². The summed E-state index contributed by atoms with van der Waals surface area (Å²) >= 11 is 5.99. The maximum absolute atomic E-state index is 12.8. The van der Waals surface area contributed by atoms with Gasteiger partial charge in [0.15, 0.2) is 5.96 Å². The van der Waals surface area contributed by atoms with Gasteiger partial charge in [-0.25, -0.2) is 17.9 Å². The minimum absolute atomic E-state index is 0.0851. The Hall–Kier alpha value is -4.08. The molecule has 0 aromatic heterocycles. The molecule has 1 atom stereocenters. The second-order valence-corrected chi connectivity index (χ2v) is 12.7. The van der Waals surface area contributed by atoms with Gasteiger partial charge in [0.05, 0.1) is 17.6 Å². The van der Waals surface area contributed by atoms with Crippen molar-refractivity contribution in [1.82, 2.24) is 20.7 Å². The summed E-state index contributed by atoms with van der Waals surface area (Å²) in [4.78, 5) is 37.2. The van der Waals surface area contributed by atoms with Crippen LogP contribution in [0, 0.1) is 5.41 Å². The van der Waals surface area contributed by atoms with Gasteiger partial charge in [-0.05, 0) is 80.8 Å². The molecular weight excluding hydrogens is 626 g/mol. The van der Waals surface area contributed by atoms with Crippen LogP contribution in [0.1, 0.15) is 54.4 Å². The summed E-state index contributed by atoms with van der Waals surface area (Å²) in [6, 6.07) is 8.81. The second kappa shape index (κ2) is 16.8. The highest BCUT2D eigenvalue weighted by molar-refractivity contribution is 7.90. The first kappa shape index (κ1) is 35.4. The lowest BCUT2D eigenvalue weighted by Crippen LogP contribution is -2.46. The molecule has 3 rings (SSSR count). The molecule has 2 aromatic rings. The molecule has 1 aliphatic rings. The first-order valence-electron chi connectivity index (χ1n) is 14.5. The molecule has 0 aliphatic heterocycles. The lowest BCUT2D eigenvalue weighted by atomic mass is 9.93. The van der Waals surface area contributed by atoms with E-state index in [9.17, 15) is 22.8 Å². The number of carbonyl (C=O) groups excluding carboxylic acids is 3. The van der Waals surface area contributed by atoms with Crippen LogP contribution >= 0.6 is 11.6 Å². The molecule has 3 amide bonds. The molecule has 0 bridgehead atoms. The largest absolute Gasteiger partial charge is 0.496 e. The molecule has 14 nitrogen and oxygen atoms in total. The summed E-state index contributed by atoms with van der Waals surface area (Å²) in [5.41, 5.74) is 12.2. The minimum Gasteiger partial charge on any atom is -0.496 e. The van der Waals surface area contributed by atoms with Crippen molar-refractivity contribution in [3.63, 3.8) is 0 Å². The Morgan fingerprint density at radius 1 is 1.04 bits per heavy atom. The smallest absolute Gasteiger partial charge is 0.328 e. The highest BCUT2D eigenvalue weighted by Gasteiger charge is 2.28. The molecule has 2 aromatic carbocycles. The number of sulfonamides is 1. The summed E-state index contributed by atoms with van der Waals surface area (Å²) in [6.07, 6.45) is 3.02. The molecule has 0 radical (unpaired) electrons. The topological polar surface area (TPSA) is 228 Å². The lowest BCUT2D eigenvalue weighted by molar-refractivity contribution is -0.152. The Kier molecular flexibility index (Phi) is 13.2. The predicted octanol–water partition coefficient (Wildman–Crippen LogP) is 1.75. The highest BCUT2D eigenvalue weighted by Crippen LogP contribution is 2.23. The van der Waals surface area contributed by atoms with Crippen LogP contribution in [0.25, 0.3) is 0 Å². The summed E-state index contributed by atoms with van der Waals surface area (Å²) < 4.78 is 38.3. The van der Waals surface area contributed by atoms with Crippen molar-refractivity contribution >= 4 is 45.5 Å². The number of methoxy groups -OCH3 is 1. The number of carbonyl (C=O) groups is 3. The number of nitrogens with one attached hydrogen (secondary N) is 5. The van der Waals surface area contributed by atoms with Gasteiger partial charge in [-0.1, -0.05) is 23.7 Å². The number of guanidine groups is 1. The molecule has 0 unspecified atom stereocenters. The zero-order chi connectivity index (χ0) is 33.0. The van der Waals surface area contributed by atoms with Gasteiger partial charge >= 0.3 is 12.0 Å². The van der Waals surface area contributed by atoms with E-state index in [4.69, 9.17) is 38.0 Å². The maximum Gasteiger partial charge on any atom is 0.328 e. The molecular formula is C29H40ClN7O7S. The van der Waals surface area contributed by atoms with Crippen molar-refractivity contribution in [3.05, 3.63) is 58.6 Å². The van der Waals surface area contributed by atoms with E-state index in [0.717, 1.165) is 5.56 Å². The van der Waals surface area contributed by atoms with Crippen LogP contribution < -0.4 is 36.9 Å². The molecule has 1 fully saturated rings. The van der Waals surface area contributed by atoms with Crippen LogP contribution in [0.4, 0.5) is 4.79 Å². The minimum atomic E-state index is -4.12. The summed E-state index contributed by atoms with van der Waals surface area (Å²) in [6.45, 7) is 0.718. The number of amides is 3. The van der Waals surface area contributed by atoms with Crippen LogP contribution in [0.15, 0.2) is 47.4 Å². The maximum atomic E-state index is 12.8. The van der Waals surface area contributed by atoms with Crippen LogP contribution in [-0.4, -0.2) is 70.7 Å². The van der Waals surface area contributed by atoms with E-state index in [0.29, 0.717) is 67.8 Å². The average molecular weight is 666 g/mol. The highest BCUT2D eigenvalue weighted by atomic mass is 35.5. The molecule has 1 aliphatic carbocycles. The number of benzene rings is 2. The monoisotopic (exact) mass is 665 g/mol. The van der Waals surface area contributed by atoms with E-state index in [-0.39, 0.29) is 35.5 Å². The van der Waals surface area contributed by atoms with E-state index in [1.165, 1.54) is 25.3 Å². The Morgan fingerprint density at radius 2 is 1.73 bits per heavy atom. The van der Waals surface area contributed by atoms with Gasteiger partial charge < -0.3 is 36.9 Å². The molecule has 1 saturated carbocycles. The quantitative estimate of drug-likeness (QED) is 0.0669. The summed E-state index contributed by atoms with van der Waals surface area (Å²) in [5.74, 6) is -0.614. The third-order valence-electron chi connectivity index (χ3n) is 7.17. The van der Waals surface area contributed by atoms with Crippen LogP contribution in [0.2, 0.25) is 5.02 Å². The Morgan fingerprint density at radius 3 is 2.38 bits per heavy atom. The molecule has 0 spiro atoms. The van der Waals surface area contributed by atoms with Gasteiger partial charge in [0.1, 0.15) is 17.9 Å². The van der Waals surface area contributed by atoms with Gasteiger partial charge in [0.2, 0.25) is 0 Å². The van der Waals surface area contributed by atoms with E-state index in [2.05, 4.69) is 16.0 Å². The Bertz CT molecular complexity index is 1450. The number of hydrogen-bond donors (Lipinski definition) is 7. The fourth-order valence-electron chi connectivity index (χ4n) is 4.74. The van der Waals surface area contributed by atoms with Crippen LogP contribution in [0.5, 0.6) is 5.75 Å². The van der Waals surface area contributed by atoms with Crippen molar-refractivity contribution in [2.75, 3.05) is 20.2 Å². The van der Waals surface area contributed by atoms with Gasteiger partial charge in [-0.3, -0.25) is 15.0 Å². The normalized spacial score (nSPS) is 17.0. The number of nitrogens with two attached hydrogens (primary N) is 2. The van der Waals surface area contributed by atoms with Crippen molar-refractivity contribution in [3.8, 4) is 5.75 Å². The van der Waals surface area contributed by atoms with Crippen LogP contribution in [-0.2, 0) is 26.0 Å². The molecule has 16 heteroatoms. The fraction of sp³-hybridized carbons (Fsp3) is 0.448. The van der Waals surface area contributed by atoms with Gasteiger partial charge in [0.25, 0.3) is 15.9 Å². The number of halogens is 1. The van der Waals surface area contributed by atoms with E-state index >= 15 is 0 Å². The third-order valence-corrected chi connectivity index (χ3v) is 8.75. The molecule has 0 heterocycles. The zero-order valence-electron chi connectivity index (χ0n) is 24.9. The Labute approximate surface area is 267 Å². The number of urea groups is 1. The predicted molar refractivity (Wildman–Crippen MR) is 169 cm³/mol.